The maximum absolute atomic E-state index is 4.40. The molecule has 17 heavy (non-hydrogen) atoms. The molecule has 1 aromatic heterocycles. The molecule has 3 nitrogen and oxygen atoms in total. The number of rotatable bonds is 4. The first kappa shape index (κ1) is 12.6. The molecular formula is C14H25N3. The van der Waals surface area contributed by atoms with Crippen LogP contribution in [0.25, 0.3) is 0 Å². The fourth-order valence-corrected chi connectivity index (χ4v) is 3.14. The number of hydrogen-bond donors (Lipinski definition) is 1. The largest absolute Gasteiger partial charge is 0.311 e. The van der Waals surface area contributed by atoms with Crippen molar-refractivity contribution in [3.8, 4) is 0 Å². The van der Waals surface area contributed by atoms with E-state index < -0.39 is 0 Å². The summed E-state index contributed by atoms with van der Waals surface area (Å²) >= 11 is 0. The second-order valence-electron chi connectivity index (χ2n) is 5.09. The van der Waals surface area contributed by atoms with Crippen LogP contribution in [0.4, 0.5) is 0 Å². The van der Waals surface area contributed by atoms with Gasteiger partial charge in [-0.3, -0.25) is 4.68 Å². The van der Waals surface area contributed by atoms with Gasteiger partial charge >= 0.3 is 0 Å². The Labute approximate surface area is 105 Å². The minimum atomic E-state index is 0.482. The van der Waals surface area contributed by atoms with E-state index in [1.54, 1.807) is 0 Å². The normalized spacial score (nSPS) is 20.1. The van der Waals surface area contributed by atoms with Gasteiger partial charge in [-0.05, 0) is 38.8 Å². The van der Waals surface area contributed by atoms with Gasteiger partial charge < -0.3 is 5.32 Å². The van der Waals surface area contributed by atoms with Crippen molar-refractivity contribution in [1.82, 2.24) is 15.1 Å². The first-order valence-corrected chi connectivity index (χ1v) is 7.05. The Morgan fingerprint density at radius 3 is 2.65 bits per heavy atom. The molecule has 1 aliphatic carbocycles. The molecule has 0 amide bonds. The summed E-state index contributed by atoms with van der Waals surface area (Å²) in [6, 6.07) is 2.66. The van der Waals surface area contributed by atoms with Crippen LogP contribution in [0.3, 0.4) is 0 Å². The predicted octanol–water partition coefficient (Wildman–Crippen LogP) is 3.13. The Balaban J connectivity index is 2.14. The Morgan fingerprint density at radius 2 is 2.06 bits per heavy atom. The molecule has 1 saturated carbocycles. The molecule has 96 valence electrons. The van der Waals surface area contributed by atoms with Crippen LogP contribution in [-0.2, 0) is 6.54 Å². The summed E-state index contributed by atoms with van der Waals surface area (Å²) in [5.41, 5.74) is 1.36. The third-order valence-corrected chi connectivity index (χ3v) is 4.05. The Morgan fingerprint density at radius 1 is 1.35 bits per heavy atom. The monoisotopic (exact) mass is 235 g/mol. The van der Waals surface area contributed by atoms with E-state index in [1.807, 2.05) is 6.20 Å². The molecule has 0 bridgehead atoms. The van der Waals surface area contributed by atoms with Crippen molar-refractivity contribution in [2.75, 3.05) is 7.05 Å². The molecule has 2 rings (SSSR count). The predicted molar refractivity (Wildman–Crippen MR) is 70.9 cm³/mol. The number of nitrogens with zero attached hydrogens (tertiary/aromatic N) is 2. The van der Waals surface area contributed by atoms with Crippen molar-refractivity contribution < 1.29 is 0 Å². The minimum absolute atomic E-state index is 0.482. The fraction of sp³-hybridized carbons (Fsp3) is 0.786. The number of hydrogen-bond acceptors (Lipinski definition) is 2. The average molecular weight is 235 g/mol. The summed E-state index contributed by atoms with van der Waals surface area (Å²) in [4.78, 5) is 0. The second kappa shape index (κ2) is 6.20. The minimum Gasteiger partial charge on any atom is -0.311 e. The highest BCUT2D eigenvalue weighted by Gasteiger charge is 2.25. The molecule has 1 unspecified atom stereocenters. The van der Waals surface area contributed by atoms with E-state index in [0.717, 1.165) is 12.5 Å². The molecule has 1 aliphatic rings. The van der Waals surface area contributed by atoms with Crippen LogP contribution in [0, 0.1) is 5.92 Å². The molecule has 3 heteroatoms. The standard InChI is InChI=1S/C14H25N3/c1-3-17-13(10-11-16-17)14(15-2)12-8-6-4-5-7-9-12/h10-12,14-15H,3-9H2,1-2H3. The highest BCUT2D eigenvalue weighted by molar-refractivity contribution is 5.08. The van der Waals surface area contributed by atoms with E-state index in [0.29, 0.717) is 6.04 Å². The van der Waals surface area contributed by atoms with Gasteiger partial charge in [-0.25, -0.2) is 0 Å². The van der Waals surface area contributed by atoms with E-state index >= 15 is 0 Å². The summed E-state index contributed by atoms with van der Waals surface area (Å²) in [5, 5.41) is 7.91. The van der Waals surface area contributed by atoms with Crippen molar-refractivity contribution in [3.63, 3.8) is 0 Å². The van der Waals surface area contributed by atoms with Gasteiger partial charge in [0.15, 0.2) is 0 Å². The summed E-state index contributed by atoms with van der Waals surface area (Å²) < 4.78 is 2.13. The zero-order valence-electron chi connectivity index (χ0n) is 11.2. The zero-order chi connectivity index (χ0) is 12.1. The number of aromatic nitrogens is 2. The van der Waals surface area contributed by atoms with E-state index in [4.69, 9.17) is 0 Å². The lowest BCUT2D eigenvalue weighted by molar-refractivity contribution is 0.324. The van der Waals surface area contributed by atoms with Crippen LogP contribution >= 0.6 is 0 Å². The molecule has 1 N–H and O–H groups in total. The smallest absolute Gasteiger partial charge is 0.0556 e. The van der Waals surface area contributed by atoms with E-state index in [2.05, 4.69) is 35.1 Å². The lowest BCUT2D eigenvalue weighted by Crippen LogP contribution is -2.27. The Kier molecular flexibility index (Phi) is 4.60. The Hall–Kier alpha value is -0.830. The second-order valence-corrected chi connectivity index (χ2v) is 5.09. The van der Waals surface area contributed by atoms with Crippen molar-refractivity contribution in [3.05, 3.63) is 18.0 Å². The average Bonchev–Trinajstić information content (AvgIpc) is 2.65. The van der Waals surface area contributed by atoms with Gasteiger partial charge in [-0.15, -0.1) is 0 Å². The van der Waals surface area contributed by atoms with Gasteiger partial charge in [0.1, 0.15) is 0 Å². The Bertz CT molecular complexity index is 324. The third kappa shape index (κ3) is 2.89. The molecule has 0 radical (unpaired) electrons. The van der Waals surface area contributed by atoms with E-state index in [1.165, 1.54) is 44.2 Å². The van der Waals surface area contributed by atoms with Crippen LogP contribution in [0.1, 0.15) is 57.2 Å². The summed E-state index contributed by atoms with van der Waals surface area (Å²) in [6.45, 7) is 3.13. The lowest BCUT2D eigenvalue weighted by Gasteiger charge is -2.26. The highest BCUT2D eigenvalue weighted by Crippen LogP contribution is 2.33. The molecule has 1 aromatic rings. The first-order valence-electron chi connectivity index (χ1n) is 7.05. The van der Waals surface area contributed by atoms with Crippen molar-refractivity contribution in [2.24, 2.45) is 5.92 Å². The van der Waals surface area contributed by atoms with E-state index in [9.17, 15) is 0 Å². The molecule has 0 aromatic carbocycles. The van der Waals surface area contributed by atoms with Gasteiger partial charge in [0.2, 0.25) is 0 Å². The van der Waals surface area contributed by atoms with Gasteiger partial charge in [0.05, 0.1) is 11.7 Å². The fourth-order valence-electron chi connectivity index (χ4n) is 3.14. The maximum atomic E-state index is 4.40. The van der Waals surface area contributed by atoms with Crippen molar-refractivity contribution in [1.29, 1.82) is 0 Å². The van der Waals surface area contributed by atoms with Crippen LogP contribution in [0.2, 0.25) is 0 Å². The van der Waals surface area contributed by atoms with Gasteiger partial charge in [0.25, 0.3) is 0 Å². The van der Waals surface area contributed by atoms with Crippen LogP contribution in [0.15, 0.2) is 12.3 Å². The SMILES string of the molecule is CCn1nccc1C(NC)C1CCCCCC1. The quantitative estimate of drug-likeness (QED) is 0.813. The lowest BCUT2D eigenvalue weighted by atomic mass is 9.90. The molecule has 0 aliphatic heterocycles. The van der Waals surface area contributed by atoms with Crippen LogP contribution in [-0.4, -0.2) is 16.8 Å². The topological polar surface area (TPSA) is 29.9 Å². The van der Waals surface area contributed by atoms with Crippen molar-refractivity contribution in [2.45, 2.75) is 58.0 Å². The maximum Gasteiger partial charge on any atom is 0.0556 e. The molecule has 0 spiro atoms. The van der Waals surface area contributed by atoms with Gasteiger partial charge in [0, 0.05) is 12.7 Å². The zero-order valence-corrected chi connectivity index (χ0v) is 11.2. The number of aryl methyl sites for hydroxylation is 1. The molecular weight excluding hydrogens is 210 g/mol. The summed E-state index contributed by atoms with van der Waals surface area (Å²) in [7, 11) is 2.09. The van der Waals surface area contributed by atoms with Crippen LogP contribution < -0.4 is 5.32 Å². The third-order valence-electron chi connectivity index (χ3n) is 4.05. The molecule has 0 saturated heterocycles. The molecule has 1 atom stereocenters. The number of nitrogens with one attached hydrogen (secondary N) is 1. The summed E-state index contributed by atoms with van der Waals surface area (Å²) in [5.74, 6) is 0.782. The van der Waals surface area contributed by atoms with Crippen LogP contribution in [0.5, 0.6) is 0 Å². The molecule has 1 fully saturated rings. The molecule has 1 heterocycles. The summed E-state index contributed by atoms with van der Waals surface area (Å²) in [6.07, 6.45) is 10.3. The van der Waals surface area contributed by atoms with Crippen molar-refractivity contribution >= 4 is 0 Å². The highest BCUT2D eigenvalue weighted by atomic mass is 15.3. The van der Waals surface area contributed by atoms with E-state index in [-0.39, 0.29) is 0 Å². The van der Waals surface area contributed by atoms with Gasteiger partial charge in [-0.2, -0.15) is 5.10 Å². The van der Waals surface area contributed by atoms with Gasteiger partial charge in [-0.1, -0.05) is 25.7 Å². The first-order chi connectivity index (χ1) is 8.36.